The largest absolute Gasteiger partial charge is 0.310 e. The van der Waals surface area contributed by atoms with Crippen molar-refractivity contribution >= 4 is 55.5 Å². The number of benzene rings is 2. The van der Waals surface area contributed by atoms with Crippen molar-refractivity contribution in [2.75, 3.05) is 17.3 Å². The van der Waals surface area contributed by atoms with E-state index in [2.05, 4.69) is 10.3 Å². The molecule has 0 saturated heterocycles. The fourth-order valence-corrected chi connectivity index (χ4v) is 4.57. The van der Waals surface area contributed by atoms with Crippen LogP contribution in [0.15, 0.2) is 60.0 Å². The van der Waals surface area contributed by atoms with Crippen LogP contribution in [-0.2, 0) is 0 Å². The Hall–Kier alpha value is -3.03. The number of nitrogens with zero attached hydrogens (tertiary/aromatic N) is 2. The first-order valence-electron chi connectivity index (χ1n) is 8.62. The van der Waals surface area contributed by atoms with E-state index in [0.717, 1.165) is 15.8 Å². The molecule has 140 valence electrons. The SMILES string of the molecule is Cc1cccc2sc(NC(=O)c3ccccc3N(C)C(=O)c3cccs3)nc12. The number of anilines is 2. The number of carbonyl (C=O) groups excluding carboxylic acids is 2. The van der Waals surface area contributed by atoms with E-state index < -0.39 is 0 Å². The standard InChI is InChI=1S/C21H17N3O2S2/c1-13-7-5-10-16-18(13)22-21(28-16)23-19(25)14-8-3-4-9-15(14)24(2)20(26)17-11-6-12-27-17/h3-12H,1-2H3,(H,22,23,25). The summed E-state index contributed by atoms with van der Waals surface area (Å²) in [5, 5.41) is 5.27. The summed E-state index contributed by atoms with van der Waals surface area (Å²) in [7, 11) is 1.68. The molecule has 1 N–H and O–H groups in total. The highest BCUT2D eigenvalue weighted by Gasteiger charge is 2.21. The van der Waals surface area contributed by atoms with Gasteiger partial charge in [0, 0.05) is 7.05 Å². The van der Waals surface area contributed by atoms with Crippen molar-refractivity contribution in [2.24, 2.45) is 0 Å². The average Bonchev–Trinajstić information content (AvgIpc) is 3.37. The number of rotatable bonds is 4. The Balaban J connectivity index is 1.62. The van der Waals surface area contributed by atoms with Gasteiger partial charge in [0.15, 0.2) is 5.13 Å². The van der Waals surface area contributed by atoms with Crippen LogP contribution in [-0.4, -0.2) is 23.8 Å². The van der Waals surface area contributed by atoms with Crippen molar-refractivity contribution in [2.45, 2.75) is 6.92 Å². The fraction of sp³-hybridized carbons (Fsp3) is 0.0952. The van der Waals surface area contributed by atoms with Gasteiger partial charge in [-0.1, -0.05) is 41.7 Å². The molecule has 4 rings (SSSR count). The molecule has 0 aliphatic heterocycles. The number of thiazole rings is 1. The van der Waals surface area contributed by atoms with E-state index in [1.807, 2.05) is 42.6 Å². The minimum Gasteiger partial charge on any atom is -0.310 e. The number of amides is 2. The number of hydrogen-bond acceptors (Lipinski definition) is 5. The highest BCUT2D eigenvalue weighted by Crippen LogP contribution is 2.29. The van der Waals surface area contributed by atoms with Gasteiger partial charge < -0.3 is 4.90 Å². The third-order valence-electron chi connectivity index (χ3n) is 4.39. The number of fused-ring (bicyclic) bond motifs is 1. The van der Waals surface area contributed by atoms with Crippen LogP contribution < -0.4 is 10.2 Å². The molecule has 0 saturated carbocycles. The van der Waals surface area contributed by atoms with Crippen molar-refractivity contribution in [3.05, 3.63) is 76.0 Å². The smallest absolute Gasteiger partial charge is 0.268 e. The number of thiophene rings is 1. The quantitative estimate of drug-likeness (QED) is 0.506. The molecule has 28 heavy (non-hydrogen) atoms. The Labute approximate surface area is 170 Å². The summed E-state index contributed by atoms with van der Waals surface area (Å²) in [6, 6.07) is 16.6. The van der Waals surface area contributed by atoms with Gasteiger partial charge in [-0.15, -0.1) is 11.3 Å². The molecular weight excluding hydrogens is 390 g/mol. The Kier molecular flexibility index (Phi) is 4.93. The highest BCUT2D eigenvalue weighted by atomic mass is 32.1. The van der Waals surface area contributed by atoms with E-state index in [4.69, 9.17) is 0 Å². The molecule has 0 fully saturated rings. The zero-order valence-corrected chi connectivity index (χ0v) is 16.9. The molecule has 0 radical (unpaired) electrons. The lowest BCUT2D eigenvalue weighted by Gasteiger charge is -2.19. The van der Waals surface area contributed by atoms with Gasteiger partial charge >= 0.3 is 0 Å². The van der Waals surface area contributed by atoms with E-state index in [1.54, 1.807) is 31.3 Å². The average molecular weight is 408 g/mol. The maximum atomic E-state index is 12.9. The predicted molar refractivity (Wildman–Crippen MR) is 116 cm³/mol. The minimum absolute atomic E-state index is 0.147. The molecule has 2 heterocycles. The third kappa shape index (κ3) is 3.42. The molecule has 4 aromatic rings. The van der Waals surface area contributed by atoms with Gasteiger partial charge in [0.25, 0.3) is 11.8 Å². The van der Waals surface area contributed by atoms with Crippen LogP contribution in [0.4, 0.5) is 10.8 Å². The highest BCUT2D eigenvalue weighted by molar-refractivity contribution is 7.22. The van der Waals surface area contributed by atoms with Gasteiger partial charge in [-0.3, -0.25) is 14.9 Å². The van der Waals surface area contributed by atoms with Crippen LogP contribution in [0.25, 0.3) is 10.2 Å². The molecule has 0 aliphatic rings. The van der Waals surface area contributed by atoms with Crippen molar-refractivity contribution in [1.82, 2.24) is 4.98 Å². The fourth-order valence-electron chi connectivity index (χ4n) is 2.94. The molecule has 0 atom stereocenters. The Morgan fingerprint density at radius 2 is 1.86 bits per heavy atom. The summed E-state index contributed by atoms with van der Waals surface area (Å²) in [6.07, 6.45) is 0. The van der Waals surface area contributed by atoms with Crippen LogP contribution >= 0.6 is 22.7 Å². The first-order chi connectivity index (χ1) is 13.5. The van der Waals surface area contributed by atoms with E-state index in [-0.39, 0.29) is 11.8 Å². The van der Waals surface area contributed by atoms with Gasteiger partial charge in [-0.25, -0.2) is 4.98 Å². The number of hydrogen-bond donors (Lipinski definition) is 1. The van der Waals surface area contributed by atoms with Crippen LogP contribution in [0.5, 0.6) is 0 Å². The second-order valence-corrected chi connectivity index (χ2v) is 8.23. The second-order valence-electron chi connectivity index (χ2n) is 6.25. The normalized spacial score (nSPS) is 10.8. The van der Waals surface area contributed by atoms with E-state index in [1.165, 1.54) is 27.6 Å². The number of para-hydroxylation sites is 2. The Bertz CT molecular complexity index is 1170. The molecule has 2 amide bonds. The van der Waals surface area contributed by atoms with Crippen molar-refractivity contribution < 1.29 is 9.59 Å². The zero-order valence-electron chi connectivity index (χ0n) is 15.3. The minimum atomic E-state index is -0.293. The van der Waals surface area contributed by atoms with Gasteiger partial charge in [0.05, 0.1) is 26.3 Å². The molecule has 0 spiro atoms. The predicted octanol–water partition coefficient (Wildman–Crippen LogP) is 5.20. The summed E-state index contributed by atoms with van der Waals surface area (Å²) in [4.78, 5) is 32.3. The van der Waals surface area contributed by atoms with E-state index >= 15 is 0 Å². The summed E-state index contributed by atoms with van der Waals surface area (Å²) < 4.78 is 1.02. The maximum Gasteiger partial charge on any atom is 0.268 e. The summed E-state index contributed by atoms with van der Waals surface area (Å²) in [6.45, 7) is 1.99. The maximum absolute atomic E-state index is 12.9. The topological polar surface area (TPSA) is 62.3 Å². The number of aryl methyl sites for hydroxylation is 1. The van der Waals surface area contributed by atoms with Gasteiger partial charge in [-0.05, 0) is 42.1 Å². The van der Waals surface area contributed by atoms with Crippen LogP contribution in [0.2, 0.25) is 0 Å². The zero-order chi connectivity index (χ0) is 19.7. The van der Waals surface area contributed by atoms with Gasteiger partial charge in [-0.2, -0.15) is 0 Å². The third-order valence-corrected chi connectivity index (χ3v) is 6.18. The Morgan fingerprint density at radius 1 is 1.04 bits per heavy atom. The molecule has 0 aliphatic carbocycles. The van der Waals surface area contributed by atoms with Crippen LogP contribution in [0.1, 0.15) is 25.6 Å². The molecule has 7 heteroatoms. The van der Waals surface area contributed by atoms with E-state index in [0.29, 0.717) is 21.3 Å². The number of nitrogens with one attached hydrogen (secondary N) is 1. The monoisotopic (exact) mass is 407 g/mol. The van der Waals surface area contributed by atoms with Gasteiger partial charge in [0.1, 0.15) is 0 Å². The van der Waals surface area contributed by atoms with Gasteiger partial charge in [0.2, 0.25) is 0 Å². The lowest BCUT2D eigenvalue weighted by Crippen LogP contribution is -2.28. The number of carbonyl (C=O) groups is 2. The summed E-state index contributed by atoms with van der Waals surface area (Å²) >= 11 is 2.81. The van der Waals surface area contributed by atoms with Crippen molar-refractivity contribution in [1.29, 1.82) is 0 Å². The second kappa shape index (κ2) is 7.53. The molecule has 5 nitrogen and oxygen atoms in total. The number of aromatic nitrogens is 1. The first-order valence-corrected chi connectivity index (χ1v) is 10.3. The molecule has 0 unspecified atom stereocenters. The lowest BCUT2D eigenvalue weighted by atomic mass is 10.1. The lowest BCUT2D eigenvalue weighted by molar-refractivity contribution is 0.0996. The van der Waals surface area contributed by atoms with Crippen molar-refractivity contribution in [3.8, 4) is 0 Å². The Morgan fingerprint density at radius 3 is 2.61 bits per heavy atom. The molecule has 0 bridgehead atoms. The van der Waals surface area contributed by atoms with Crippen LogP contribution in [0.3, 0.4) is 0 Å². The van der Waals surface area contributed by atoms with Crippen LogP contribution in [0, 0.1) is 6.92 Å². The van der Waals surface area contributed by atoms with Crippen molar-refractivity contribution in [3.63, 3.8) is 0 Å². The summed E-state index contributed by atoms with van der Waals surface area (Å²) in [5.41, 5.74) is 2.93. The molecular formula is C21H17N3O2S2. The summed E-state index contributed by atoms with van der Waals surface area (Å²) in [5.74, 6) is -0.441. The molecule has 2 aromatic carbocycles. The first kappa shape index (κ1) is 18.3. The van der Waals surface area contributed by atoms with E-state index in [9.17, 15) is 9.59 Å². The molecule has 2 aromatic heterocycles.